The van der Waals surface area contributed by atoms with E-state index in [1.165, 1.54) is 12.1 Å². The summed E-state index contributed by atoms with van der Waals surface area (Å²) >= 11 is 0. The molecule has 0 N–H and O–H groups in total. The first-order valence-corrected chi connectivity index (χ1v) is 10.4. The van der Waals surface area contributed by atoms with Crippen molar-refractivity contribution in [2.45, 2.75) is 37.8 Å². The average Bonchev–Trinajstić information content (AvgIpc) is 3.49. The molecule has 2 saturated heterocycles. The van der Waals surface area contributed by atoms with Gasteiger partial charge in [-0.3, -0.25) is 0 Å². The fraction of sp³-hybridized carbons (Fsp3) is 0.478. The number of hydrogen-bond donors (Lipinski definition) is 0. The molecular weight excluding hydrogens is 409 g/mol. The monoisotopic (exact) mass is 436 g/mol. The Morgan fingerprint density at radius 2 is 1.61 bits per heavy atom. The van der Waals surface area contributed by atoms with Gasteiger partial charge < -0.3 is 24.0 Å². The van der Waals surface area contributed by atoms with Crippen molar-refractivity contribution in [2.75, 3.05) is 43.2 Å². The van der Waals surface area contributed by atoms with Gasteiger partial charge in [0.1, 0.15) is 23.7 Å². The largest absolute Gasteiger partial charge is 0.573 e. The summed E-state index contributed by atoms with van der Waals surface area (Å²) in [7, 11) is 1.98. The van der Waals surface area contributed by atoms with Crippen molar-refractivity contribution >= 4 is 11.4 Å². The highest BCUT2D eigenvalue weighted by atomic mass is 19.4. The van der Waals surface area contributed by atoms with Gasteiger partial charge >= 0.3 is 6.36 Å². The summed E-state index contributed by atoms with van der Waals surface area (Å²) in [5.41, 5.74) is 1.91. The number of ether oxygens (including phenoxy) is 3. The molecule has 2 aliphatic rings. The van der Waals surface area contributed by atoms with Crippen LogP contribution in [0.25, 0.3) is 0 Å². The number of epoxide rings is 1. The quantitative estimate of drug-likeness (QED) is 0.580. The fourth-order valence-corrected chi connectivity index (χ4v) is 3.80. The van der Waals surface area contributed by atoms with Crippen LogP contribution < -0.4 is 19.3 Å². The minimum atomic E-state index is -4.67. The third-order valence-electron chi connectivity index (χ3n) is 5.87. The molecule has 0 radical (unpaired) electrons. The Bertz CT molecular complexity index is 859. The van der Waals surface area contributed by atoms with Gasteiger partial charge in [0.15, 0.2) is 0 Å². The maximum Gasteiger partial charge on any atom is 0.573 e. The molecular formula is C23H27F3N2O3. The minimum absolute atomic E-state index is 0.127. The van der Waals surface area contributed by atoms with Crippen molar-refractivity contribution < 1.29 is 27.4 Å². The van der Waals surface area contributed by atoms with Crippen molar-refractivity contribution in [1.82, 2.24) is 0 Å². The summed E-state index contributed by atoms with van der Waals surface area (Å²) in [6, 6.07) is 14.5. The van der Waals surface area contributed by atoms with Gasteiger partial charge in [-0.25, -0.2) is 0 Å². The van der Waals surface area contributed by atoms with E-state index in [0.29, 0.717) is 12.6 Å². The van der Waals surface area contributed by atoms with Crippen LogP contribution in [0.2, 0.25) is 0 Å². The smallest absolute Gasteiger partial charge is 0.491 e. The van der Waals surface area contributed by atoms with E-state index in [0.717, 1.165) is 49.7 Å². The third kappa shape index (κ3) is 5.76. The minimum Gasteiger partial charge on any atom is -0.491 e. The van der Waals surface area contributed by atoms with Crippen LogP contribution >= 0.6 is 0 Å². The molecule has 168 valence electrons. The second kappa shape index (κ2) is 8.49. The summed E-state index contributed by atoms with van der Waals surface area (Å²) in [4.78, 5) is 4.48. The second-order valence-corrected chi connectivity index (χ2v) is 8.39. The third-order valence-corrected chi connectivity index (χ3v) is 5.87. The van der Waals surface area contributed by atoms with Crippen LogP contribution in [0.5, 0.6) is 11.5 Å². The van der Waals surface area contributed by atoms with E-state index < -0.39 is 6.36 Å². The number of rotatable bonds is 7. The van der Waals surface area contributed by atoms with Gasteiger partial charge in [0.25, 0.3) is 0 Å². The topological polar surface area (TPSA) is 37.5 Å². The maximum absolute atomic E-state index is 12.3. The molecule has 2 heterocycles. The molecule has 1 atom stereocenters. The van der Waals surface area contributed by atoms with Crippen LogP contribution in [0, 0.1) is 0 Å². The molecule has 5 nitrogen and oxygen atoms in total. The normalized spacial score (nSPS) is 21.6. The second-order valence-electron chi connectivity index (χ2n) is 8.39. The van der Waals surface area contributed by atoms with Crippen molar-refractivity contribution in [3.8, 4) is 11.5 Å². The Kier molecular flexibility index (Phi) is 5.92. The number of benzene rings is 2. The highest BCUT2D eigenvalue weighted by Crippen LogP contribution is 2.30. The molecule has 0 aliphatic carbocycles. The summed E-state index contributed by atoms with van der Waals surface area (Å²) in [5.74, 6) is 0.638. The van der Waals surface area contributed by atoms with Gasteiger partial charge in [0.2, 0.25) is 0 Å². The molecule has 2 aromatic rings. The maximum atomic E-state index is 12.3. The Hall–Kier alpha value is -2.61. The van der Waals surface area contributed by atoms with E-state index in [-0.39, 0.29) is 11.4 Å². The first kappa shape index (κ1) is 21.6. The zero-order chi connectivity index (χ0) is 22.1. The summed E-state index contributed by atoms with van der Waals surface area (Å²) in [5, 5.41) is 0. The molecule has 2 aromatic carbocycles. The van der Waals surface area contributed by atoms with Crippen molar-refractivity contribution in [3.05, 3.63) is 48.5 Å². The van der Waals surface area contributed by atoms with Gasteiger partial charge in [-0.05, 0) is 68.3 Å². The number of halogens is 3. The van der Waals surface area contributed by atoms with Crippen LogP contribution in [0.1, 0.15) is 19.8 Å². The van der Waals surface area contributed by atoms with E-state index in [4.69, 9.17) is 9.47 Å². The predicted octanol–water partition coefficient (Wildman–Crippen LogP) is 4.86. The first-order valence-electron chi connectivity index (χ1n) is 10.4. The number of anilines is 2. The molecule has 4 rings (SSSR count). The molecule has 0 amide bonds. The van der Waals surface area contributed by atoms with Gasteiger partial charge in [-0.1, -0.05) is 0 Å². The Morgan fingerprint density at radius 1 is 1.03 bits per heavy atom. The van der Waals surface area contributed by atoms with Gasteiger partial charge in [0.05, 0.1) is 6.61 Å². The summed E-state index contributed by atoms with van der Waals surface area (Å²) < 4.78 is 52.1. The molecule has 0 unspecified atom stereocenters. The number of alkyl halides is 3. The molecule has 0 bridgehead atoms. The summed E-state index contributed by atoms with van der Waals surface area (Å²) in [6.45, 7) is 5.17. The molecule has 8 heteroatoms. The average molecular weight is 436 g/mol. The molecule has 0 saturated carbocycles. The standard InChI is InChI=1S/C23H27F3N2O3/c1-22(16-30-22)15-29-20-7-5-19(6-8-20)28-13-11-18(12-14-28)27(2)17-3-9-21(10-4-17)31-23(24,25)26/h3-10,18H,11-16H2,1-2H3/t22-/m0/s1. The van der Waals surface area contributed by atoms with Gasteiger partial charge in [0, 0.05) is 37.6 Å². The SMILES string of the molecule is CN(c1ccc(OC(F)(F)F)cc1)C1CCN(c2ccc(OC[C@@]3(C)CO3)cc2)CC1. The molecule has 2 aliphatic heterocycles. The van der Waals surface area contributed by atoms with E-state index in [1.54, 1.807) is 12.1 Å². The van der Waals surface area contributed by atoms with Crippen LogP contribution in [-0.2, 0) is 4.74 Å². The van der Waals surface area contributed by atoms with Crippen molar-refractivity contribution in [3.63, 3.8) is 0 Å². The molecule has 2 fully saturated rings. The van der Waals surface area contributed by atoms with E-state index in [1.807, 2.05) is 26.1 Å². The lowest BCUT2D eigenvalue weighted by Crippen LogP contribution is -2.43. The molecule has 31 heavy (non-hydrogen) atoms. The number of piperidine rings is 1. The van der Waals surface area contributed by atoms with Crippen LogP contribution in [-0.4, -0.2) is 51.4 Å². The lowest BCUT2D eigenvalue weighted by Gasteiger charge is -2.39. The van der Waals surface area contributed by atoms with E-state index in [2.05, 4.69) is 26.7 Å². The zero-order valence-electron chi connectivity index (χ0n) is 17.7. The highest BCUT2D eigenvalue weighted by Gasteiger charge is 2.40. The summed E-state index contributed by atoms with van der Waals surface area (Å²) in [6.07, 6.45) is -2.75. The van der Waals surface area contributed by atoms with E-state index >= 15 is 0 Å². The first-order chi connectivity index (χ1) is 14.7. The van der Waals surface area contributed by atoms with E-state index in [9.17, 15) is 13.2 Å². The lowest BCUT2D eigenvalue weighted by atomic mass is 10.0. The molecule has 0 aromatic heterocycles. The lowest BCUT2D eigenvalue weighted by molar-refractivity contribution is -0.274. The van der Waals surface area contributed by atoms with Crippen molar-refractivity contribution in [2.24, 2.45) is 0 Å². The van der Waals surface area contributed by atoms with Crippen LogP contribution in [0.3, 0.4) is 0 Å². The fourth-order valence-electron chi connectivity index (χ4n) is 3.80. The Balaban J connectivity index is 1.28. The highest BCUT2D eigenvalue weighted by molar-refractivity contribution is 5.52. The Morgan fingerprint density at radius 3 is 2.16 bits per heavy atom. The molecule has 0 spiro atoms. The Labute approximate surface area is 180 Å². The predicted molar refractivity (Wildman–Crippen MR) is 113 cm³/mol. The van der Waals surface area contributed by atoms with Gasteiger partial charge in [-0.2, -0.15) is 0 Å². The van der Waals surface area contributed by atoms with Crippen LogP contribution in [0.15, 0.2) is 48.5 Å². The van der Waals surface area contributed by atoms with Crippen molar-refractivity contribution in [1.29, 1.82) is 0 Å². The number of hydrogen-bond acceptors (Lipinski definition) is 5. The van der Waals surface area contributed by atoms with Crippen LogP contribution in [0.4, 0.5) is 24.5 Å². The zero-order valence-corrected chi connectivity index (χ0v) is 17.7. The van der Waals surface area contributed by atoms with Gasteiger partial charge in [-0.15, -0.1) is 13.2 Å². The number of nitrogens with zero attached hydrogens (tertiary/aromatic N) is 2.